The molecule has 0 aliphatic carbocycles. The molecular formula is C14H16N2O5. The summed E-state index contributed by atoms with van der Waals surface area (Å²) in [4.78, 5) is 22.1. The van der Waals surface area contributed by atoms with Gasteiger partial charge in [0.05, 0.1) is 6.26 Å². The third-order valence-electron chi connectivity index (χ3n) is 2.86. The molecule has 0 aliphatic rings. The highest BCUT2D eigenvalue weighted by molar-refractivity contribution is 5.92. The van der Waals surface area contributed by atoms with Crippen molar-refractivity contribution in [2.45, 2.75) is 25.7 Å². The lowest BCUT2D eigenvalue weighted by molar-refractivity contribution is -0.137. The van der Waals surface area contributed by atoms with E-state index in [4.69, 9.17) is 14.0 Å². The van der Waals surface area contributed by atoms with Crippen LogP contribution < -0.4 is 5.32 Å². The fourth-order valence-corrected chi connectivity index (χ4v) is 1.79. The summed E-state index contributed by atoms with van der Waals surface area (Å²) in [6.07, 6.45) is 3.75. The standard InChI is InChI=1S/C14H16N2O5/c17-13(18)6-2-1-3-7-15-14(19)10-9-12(21-16-10)11-5-4-8-20-11/h4-5,8-9H,1-3,6-7H2,(H,15,19)(H,17,18). The number of hydrogen-bond donors (Lipinski definition) is 2. The Balaban J connectivity index is 1.73. The summed E-state index contributed by atoms with van der Waals surface area (Å²) in [5, 5.41) is 14.9. The number of nitrogens with one attached hydrogen (secondary N) is 1. The van der Waals surface area contributed by atoms with Crippen LogP contribution in [0.5, 0.6) is 0 Å². The highest BCUT2D eigenvalue weighted by Crippen LogP contribution is 2.20. The molecule has 7 nitrogen and oxygen atoms in total. The first kappa shape index (κ1) is 14.8. The van der Waals surface area contributed by atoms with E-state index in [2.05, 4.69) is 10.5 Å². The molecule has 0 saturated carbocycles. The Labute approximate surface area is 120 Å². The normalized spacial score (nSPS) is 10.5. The Morgan fingerprint density at radius 3 is 2.81 bits per heavy atom. The van der Waals surface area contributed by atoms with Gasteiger partial charge in [-0.3, -0.25) is 9.59 Å². The minimum absolute atomic E-state index is 0.156. The summed E-state index contributed by atoms with van der Waals surface area (Å²) in [7, 11) is 0. The molecule has 1 amide bonds. The minimum Gasteiger partial charge on any atom is -0.481 e. The molecular weight excluding hydrogens is 276 g/mol. The second kappa shape index (κ2) is 7.28. The molecule has 0 atom stereocenters. The topological polar surface area (TPSA) is 106 Å². The predicted molar refractivity (Wildman–Crippen MR) is 72.6 cm³/mol. The van der Waals surface area contributed by atoms with Crippen molar-refractivity contribution in [1.82, 2.24) is 10.5 Å². The highest BCUT2D eigenvalue weighted by Gasteiger charge is 2.14. The Hall–Kier alpha value is -2.57. The molecule has 0 bridgehead atoms. The van der Waals surface area contributed by atoms with E-state index in [1.165, 1.54) is 12.3 Å². The first-order valence-electron chi connectivity index (χ1n) is 6.67. The molecule has 0 aliphatic heterocycles. The maximum absolute atomic E-state index is 11.8. The van der Waals surface area contributed by atoms with E-state index >= 15 is 0 Å². The number of hydrogen-bond acceptors (Lipinski definition) is 5. The summed E-state index contributed by atoms with van der Waals surface area (Å²) < 4.78 is 10.2. The van der Waals surface area contributed by atoms with E-state index in [0.29, 0.717) is 24.5 Å². The van der Waals surface area contributed by atoms with Crippen molar-refractivity contribution in [3.8, 4) is 11.5 Å². The Morgan fingerprint density at radius 1 is 1.24 bits per heavy atom. The van der Waals surface area contributed by atoms with Gasteiger partial charge in [-0.05, 0) is 25.0 Å². The van der Waals surface area contributed by atoms with Crippen LogP contribution >= 0.6 is 0 Å². The molecule has 2 aromatic rings. The number of furan rings is 1. The number of rotatable bonds is 8. The van der Waals surface area contributed by atoms with Crippen LogP contribution in [-0.2, 0) is 4.79 Å². The van der Waals surface area contributed by atoms with Crippen LogP contribution in [0.4, 0.5) is 0 Å². The molecule has 0 unspecified atom stereocenters. The molecule has 7 heteroatoms. The molecule has 0 saturated heterocycles. The molecule has 0 aromatic carbocycles. The summed E-state index contributed by atoms with van der Waals surface area (Å²) in [6, 6.07) is 4.94. The van der Waals surface area contributed by atoms with Crippen LogP contribution in [0.25, 0.3) is 11.5 Å². The lowest BCUT2D eigenvalue weighted by Crippen LogP contribution is -2.24. The molecule has 2 aromatic heterocycles. The zero-order valence-corrected chi connectivity index (χ0v) is 11.4. The van der Waals surface area contributed by atoms with Gasteiger partial charge in [-0.2, -0.15) is 0 Å². The molecule has 2 N–H and O–H groups in total. The highest BCUT2D eigenvalue weighted by atomic mass is 16.5. The molecule has 21 heavy (non-hydrogen) atoms. The van der Waals surface area contributed by atoms with Crippen LogP contribution in [0.2, 0.25) is 0 Å². The van der Waals surface area contributed by atoms with Gasteiger partial charge < -0.3 is 19.4 Å². The largest absolute Gasteiger partial charge is 0.481 e. The second-order valence-electron chi connectivity index (χ2n) is 4.51. The van der Waals surface area contributed by atoms with Crippen LogP contribution in [0, 0.1) is 0 Å². The van der Waals surface area contributed by atoms with Gasteiger partial charge in [0.15, 0.2) is 11.5 Å². The molecule has 0 radical (unpaired) electrons. The predicted octanol–water partition coefficient (Wildman–Crippen LogP) is 2.31. The number of amides is 1. The van der Waals surface area contributed by atoms with E-state index < -0.39 is 5.97 Å². The number of carboxylic acid groups (broad SMARTS) is 1. The second-order valence-corrected chi connectivity index (χ2v) is 4.51. The maximum atomic E-state index is 11.8. The van der Waals surface area contributed by atoms with E-state index in [9.17, 15) is 9.59 Å². The number of aromatic nitrogens is 1. The molecule has 0 fully saturated rings. The van der Waals surface area contributed by atoms with Gasteiger partial charge in [0.2, 0.25) is 5.76 Å². The number of carbonyl (C=O) groups is 2. The fraction of sp³-hybridized carbons (Fsp3) is 0.357. The third-order valence-corrected chi connectivity index (χ3v) is 2.86. The molecule has 2 rings (SSSR count). The minimum atomic E-state index is -0.799. The first-order chi connectivity index (χ1) is 10.2. The van der Waals surface area contributed by atoms with Gasteiger partial charge in [0.1, 0.15) is 0 Å². The van der Waals surface area contributed by atoms with E-state index in [1.54, 1.807) is 12.1 Å². The smallest absolute Gasteiger partial charge is 0.303 e. The third kappa shape index (κ3) is 4.48. The summed E-state index contributed by atoms with van der Waals surface area (Å²) >= 11 is 0. The molecule has 112 valence electrons. The number of aliphatic carboxylic acids is 1. The SMILES string of the molecule is O=C(O)CCCCCNC(=O)c1cc(-c2ccco2)on1. The Kier molecular flexibility index (Phi) is 5.14. The van der Waals surface area contributed by atoms with Crippen LogP contribution in [0.1, 0.15) is 36.2 Å². The van der Waals surface area contributed by atoms with Gasteiger partial charge in [-0.1, -0.05) is 11.6 Å². The van der Waals surface area contributed by atoms with E-state index in [1.807, 2.05) is 0 Å². The van der Waals surface area contributed by atoms with E-state index in [-0.39, 0.29) is 18.0 Å². The lowest BCUT2D eigenvalue weighted by Gasteiger charge is -2.01. The van der Waals surface area contributed by atoms with Crippen molar-refractivity contribution < 1.29 is 23.6 Å². The van der Waals surface area contributed by atoms with E-state index in [0.717, 1.165) is 12.8 Å². The van der Waals surface area contributed by atoms with Gasteiger partial charge in [-0.15, -0.1) is 0 Å². The monoisotopic (exact) mass is 292 g/mol. The zero-order chi connectivity index (χ0) is 15.1. The van der Waals surface area contributed by atoms with Crippen molar-refractivity contribution in [3.63, 3.8) is 0 Å². The quantitative estimate of drug-likeness (QED) is 0.723. The van der Waals surface area contributed by atoms with Crippen LogP contribution in [0.15, 0.2) is 33.4 Å². The van der Waals surface area contributed by atoms with Crippen molar-refractivity contribution in [2.24, 2.45) is 0 Å². The number of nitrogens with zero attached hydrogens (tertiary/aromatic N) is 1. The molecule has 0 spiro atoms. The average molecular weight is 292 g/mol. The number of carboxylic acids is 1. The lowest BCUT2D eigenvalue weighted by atomic mass is 10.2. The van der Waals surface area contributed by atoms with Gasteiger partial charge in [-0.25, -0.2) is 0 Å². The van der Waals surface area contributed by atoms with Crippen LogP contribution in [-0.4, -0.2) is 28.7 Å². The zero-order valence-electron chi connectivity index (χ0n) is 11.4. The van der Waals surface area contributed by atoms with Crippen molar-refractivity contribution in [3.05, 3.63) is 30.2 Å². The summed E-state index contributed by atoms with van der Waals surface area (Å²) in [6.45, 7) is 0.474. The summed E-state index contributed by atoms with van der Waals surface area (Å²) in [5.74, 6) is -0.219. The first-order valence-corrected chi connectivity index (χ1v) is 6.67. The number of carbonyl (C=O) groups excluding carboxylic acids is 1. The maximum Gasteiger partial charge on any atom is 0.303 e. The van der Waals surface area contributed by atoms with Crippen LogP contribution in [0.3, 0.4) is 0 Å². The number of unbranched alkanes of at least 4 members (excludes halogenated alkanes) is 2. The average Bonchev–Trinajstić information content (AvgIpc) is 3.11. The van der Waals surface area contributed by atoms with Crippen molar-refractivity contribution >= 4 is 11.9 Å². The summed E-state index contributed by atoms with van der Waals surface area (Å²) in [5.41, 5.74) is 0.187. The van der Waals surface area contributed by atoms with Gasteiger partial charge in [0.25, 0.3) is 5.91 Å². The fourth-order valence-electron chi connectivity index (χ4n) is 1.79. The van der Waals surface area contributed by atoms with Crippen molar-refractivity contribution in [1.29, 1.82) is 0 Å². The Bertz CT molecular complexity index is 588. The molecule has 2 heterocycles. The van der Waals surface area contributed by atoms with Gasteiger partial charge in [0, 0.05) is 19.0 Å². The van der Waals surface area contributed by atoms with Crippen molar-refractivity contribution in [2.75, 3.05) is 6.54 Å². The van der Waals surface area contributed by atoms with Gasteiger partial charge >= 0.3 is 5.97 Å². The Morgan fingerprint density at radius 2 is 2.10 bits per heavy atom.